The summed E-state index contributed by atoms with van der Waals surface area (Å²) in [4.78, 5) is 8.33. The zero-order chi connectivity index (χ0) is 7.58. The minimum atomic E-state index is -2.33. The van der Waals surface area contributed by atoms with Crippen LogP contribution < -0.4 is 47.9 Å². The smallest absolute Gasteiger partial charge is 0.652 e. The van der Waals surface area contributed by atoms with Gasteiger partial charge in [0.15, 0.2) is 0 Å². The summed E-state index contributed by atoms with van der Waals surface area (Å²) in [6.07, 6.45) is -2.33. The van der Waals surface area contributed by atoms with Gasteiger partial charge in [-0.25, -0.2) is 0 Å². The molecular weight excluding hydrogens is 122 g/mol. The van der Waals surface area contributed by atoms with Gasteiger partial charge in [-0.05, 0) is 6.16 Å². The summed E-state index contributed by atoms with van der Waals surface area (Å²) in [7, 11) is 0. The van der Waals surface area contributed by atoms with Gasteiger partial charge in [-0.3, -0.25) is 0 Å². The van der Waals surface area contributed by atoms with Gasteiger partial charge in [0.2, 0.25) is 0 Å². The van der Waals surface area contributed by atoms with E-state index in [9.17, 15) is 0 Å². The van der Waals surface area contributed by atoms with Crippen molar-refractivity contribution in [2.24, 2.45) is 0 Å². The van der Waals surface area contributed by atoms with Gasteiger partial charge in [-0.15, -0.1) is 26.3 Å². The average molecular weight is 130 g/mol. The molecule has 0 spiro atoms. The van der Waals surface area contributed by atoms with E-state index in [1.54, 1.807) is 0 Å². The van der Waals surface area contributed by atoms with E-state index in [1.165, 1.54) is 0 Å². The summed E-state index contributed by atoms with van der Waals surface area (Å²) >= 11 is 0. The van der Waals surface area contributed by atoms with E-state index >= 15 is 0 Å². The molecule has 0 aliphatic heterocycles. The number of carboxylic acid groups (broad SMARTS) is 2. The van der Waals surface area contributed by atoms with Crippen LogP contribution in [0, 0.1) is 0 Å². The van der Waals surface area contributed by atoms with Crippen molar-refractivity contribution in [3.8, 4) is 0 Å². The SMILES string of the molecule is C=C.C=C.O=C([O-])[O-].[Li+].[Li+]. The van der Waals surface area contributed by atoms with E-state index in [2.05, 4.69) is 26.3 Å². The number of hydrogen-bond donors (Lipinski definition) is 0. The minimum absolute atomic E-state index is 0. The average Bonchev–Trinajstić information content (AvgIpc) is 1.75. The first kappa shape index (κ1) is 32.5. The second-order valence-corrected chi connectivity index (χ2v) is 0.250. The molecule has 0 rings (SSSR count). The summed E-state index contributed by atoms with van der Waals surface area (Å²) in [5.74, 6) is 0. The van der Waals surface area contributed by atoms with Crippen LogP contribution in [0.4, 0.5) is 4.79 Å². The summed E-state index contributed by atoms with van der Waals surface area (Å²) in [6.45, 7) is 12.0. The van der Waals surface area contributed by atoms with Gasteiger partial charge in [0, 0.05) is 0 Å². The summed E-state index contributed by atoms with van der Waals surface area (Å²) in [5.41, 5.74) is 0. The van der Waals surface area contributed by atoms with Crippen molar-refractivity contribution in [2.45, 2.75) is 0 Å². The fourth-order valence-corrected chi connectivity index (χ4v) is 0. The predicted octanol–water partition coefficient (Wildman–Crippen LogP) is -6.83. The molecule has 48 valence electrons. The maximum Gasteiger partial charge on any atom is 1.00 e. The molecule has 0 aliphatic carbocycles. The quantitative estimate of drug-likeness (QED) is 0.242. The predicted molar refractivity (Wildman–Crippen MR) is 27.9 cm³/mol. The van der Waals surface area contributed by atoms with Crippen molar-refractivity contribution in [3.05, 3.63) is 26.3 Å². The van der Waals surface area contributed by atoms with Crippen LogP contribution in [-0.2, 0) is 0 Å². The van der Waals surface area contributed by atoms with Crippen molar-refractivity contribution >= 4 is 6.16 Å². The van der Waals surface area contributed by atoms with E-state index < -0.39 is 6.16 Å². The zero-order valence-corrected chi connectivity index (χ0v) is 6.55. The van der Waals surface area contributed by atoms with Gasteiger partial charge in [-0.2, -0.15) is 0 Å². The van der Waals surface area contributed by atoms with Crippen molar-refractivity contribution in [1.29, 1.82) is 0 Å². The monoisotopic (exact) mass is 130 g/mol. The Hall–Kier alpha value is -0.0552. The third-order valence-electron chi connectivity index (χ3n) is 0. The molecule has 3 nitrogen and oxygen atoms in total. The van der Waals surface area contributed by atoms with E-state index in [4.69, 9.17) is 15.0 Å². The van der Waals surface area contributed by atoms with Gasteiger partial charge < -0.3 is 15.0 Å². The normalized spacial score (nSPS) is 3.20. The fraction of sp³-hybridized carbons (Fsp3) is 0. The van der Waals surface area contributed by atoms with Crippen LogP contribution >= 0.6 is 0 Å². The Bertz CT molecular complexity index is 52.9. The first-order chi connectivity index (χ1) is 3.73. The molecule has 0 saturated heterocycles. The van der Waals surface area contributed by atoms with Gasteiger partial charge in [0.05, 0.1) is 0 Å². The first-order valence-corrected chi connectivity index (χ1v) is 1.61. The Kier molecular flexibility index (Phi) is 212. The number of rotatable bonds is 0. The molecule has 0 aromatic carbocycles. The third-order valence-corrected chi connectivity index (χ3v) is 0. The Morgan fingerprint density at radius 2 is 0.900 bits per heavy atom. The fourth-order valence-electron chi connectivity index (χ4n) is 0. The molecule has 10 heavy (non-hydrogen) atoms. The van der Waals surface area contributed by atoms with Gasteiger partial charge in [-0.1, -0.05) is 0 Å². The third kappa shape index (κ3) is 126000. The molecule has 0 heterocycles. The molecule has 0 atom stereocenters. The number of hydrogen-bond acceptors (Lipinski definition) is 3. The van der Waals surface area contributed by atoms with Crippen molar-refractivity contribution < 1.29 is 52.7 Å². The maximum absolute atomic E-state index is 8.33. The zero-order valence-electron chi connectivity index (χ0n) is 6.55. The van der Waals surface area contributed by atoms with Gasteiger partial charge in [0.25, 0.3) is 0 Å². The molecule has 0 aromatic rings. The van der Waals surface area contributed by atoms with Crippen LogP contribution in [0.25, 0.3) is 0 Å². The molecule has 0 saturated carbocycles. The molecule has 0 radical (unpaired) electrons. The van der Waals surface area contributed by atoms with Crippen LogP contribution in [-0.4, -0.2) is 6.16 Å². The van der Waals surface area contributed by atoms with Gasteiger partial charge >= 0.3 is 37.7 Å². The maximum atomic E-state index is 8.33. The molecule has 0 aliphatic rings. The molecule has 0 bridgehead atoms. The Morgan fingerprint density at radius 3 is 0.900 bits per heavy atom. The van der Waals surface area contributed by atoms with E-state index in [0.717, 1.165) is 0 Å². The summed E-state index contributed by atoms with van der Waals surface area (Å²) < 4.78 is 0. The largest absolute Gasteiger partial charge is 1.00 e. The van der Waals surface area contributed by atoms with E-state index in [-0.39, 0.29) is 37.7 Å². The first-order valence-electron chi connectivity index (χ1n) is 1.61. The Morgan fingerprint density at radius 1 is 0.900 bits per heavy atom. The Labute approximate surface area is 85.2 Å². The standard InChI is InChI=1S/2C2H4.CH2O3.2Li/c2*1-2;2-1(3)4;;/h2*1-2H2;(H2,2,3,4);;/q;;;2*+1/p-2. The van der Waals surface area contributed by atoms with Crippen LogP contribution in [0.3, 0.4) is 0 Å². The molecule has 0 unspecified atom stereocenters. The van der Waals surface area contributed by atoms with E-state index in [0.29, 0.717) is 0 Å². The Balaban J connectivity index is -0.0000000125. The van der Waals surface area contributed by atoms with Gasteiger partial charge in [0.1, 0.15) is 0 Å². The molecule has 5 heteroatoms. The summed E-state index contributed by atoms with van der Waals surface area (Å²) in [5, 5.41) is 16.7. The summed E-state index contributed by atoms with van der Waals surface area (Å²) in [6, 6.07) is 0. The van der Waals surface area contributed by atoms with Crippen molar-refractivity contribution in [3.63, 3.8) is 0 Å². The van der Waals surface area contributed by atoms with Crippen molar-refractivity contribution in [2.75, 3.05) is 0 Å². The second-order valence-electron chi connectivity index (χ2n) is 0.250. The molecule has 0 aromatic heterocycles. The number of carbonyl (C=O) groups excluding carboxylic acids is 1. The molecule has 0 amide bonds. The molecule has 0 N–H and O–H groups in total. The second kappa shape index (κ2) is 65.1. The van der Waals surface area contributed by atoms with Crippen molar-refractivity contribution in [1.82, 2.24) is 0 Å². The molecule has 0 fully saturated rings. The van der Waals surface area contributed by atoms with Crippen LogP contribution in [0.1, 0.15) is 0 Å². The minimum Gasteiger partial charge on any atom is -0.652 e. The van der Waals surface area contributed by atoms with E-state index in [1.807, 2.05) is 0 Å². The molecular formula is C5H8Li2O3. The van der Waals surface area contributed by atoms with Crippen LogP contribution in [0.15, 0.2) is 26.3 Å². The van der Waals surface area contributed by atoms with Crippen LogP contribution in [0.2, 0.25) is 0 Å². The topological polar surface area (TPSA) is 63.2 Å². The van der Waals surface area contributed by atoms with Crippen LogP contribution in [0.5, 0.6) is 0 Å². The number of carbonyl (C=O) groups is 1.